The van der Waals surface area contributed by atoms with Crippen LogP contribution < -0.4 is 0 Å². The van der Waals surface area contributed by atoms with E-state index < -0.39 is 18.2 Å². The first-order valence-electron chi connectivity index (χ1n) is 9.76. The number of pyridine rings is 1. The number of aromatic nitrogens is 1. The Bertz CT molecular complexity index is 545. The third-order valence-electron chi connectivity index (χ3n) is 4.34. The number of hydrogen-bond acceptors (Lipinski definition) is 4. The first-order chi connectivity index (χ1) is 12.5. The maximum absolute atomic E-state index is 10.5. The quantitative estimate of drug-likeness (QED) is 0.424. The molecule has 0 aliphatic heterocycles. The zero-order valence-corrected chi connectivity index (χ0v) is 15.8. The lowest BCUT2D eigenvalue weighted by molar-refractivity contribution is -0.137. The Hall–Kier alpha value is -1.72. The van der Waals surface area contributed by atoms with Crippen LogP contribution in [0, 0.1) is 0 Å². The summed E-state index contributed by atoms with van der Waals surface area (Å²) < 4.78 is 0. The van der Waals surface area contributed by atoms with Crippen molar-refractivity contribution in [2.75, 3.05) is 0 Å². The molecule has 1 unspecified atom stereocenters. The third-order valence-corrected chi connectivity index (χ3v) is 4.34. The molecule has 0 saturated carbocycles. The fourth-order valence-electron chi connectivity index (χ4n) is 2.78. The Morgan fingerprint density at radius 1 is 1.08 bits per heavy atom. The van der Waals surface area contributed by atoms with Gasteiger partial charge >= 0.3 is 5.97 Å². The Labute approximate surface area is 156 Å². The Morgan fingerprint density at radius 3 is 2.54 bits per heavy atom. The Morgan fingerprint density at radius 2 is 1.81 bits per heavy atom. The lowest BCUT2D eigenvalue weighted by atomic mass is 10.1. The molecule has 5 nitrogen and oxygen atoms in total. The van der Waals surface area contributed by atoms with Gasteiger partial charge < -0.3 is 15.3 Å². The summed E-state index contributed by atoms with van der Waals surface area (Å²) in [5.41, 5.74) is 1.21. The largest absolute Gasteiger partial charge is 0.481 e. The van der Waals surface area contributed by atoms with E-state index in [1.54, 1.807) is 18.2 Å². The van der Waals surface area contributed by atoms with Gasteiger partial charge in [-0.2, -0.15) is 0 Å². The summed E-state index contributed by atoms with van der Waals surface area (Å²) in [6, 6.07) is 5.36. The molecule has 0 fully saturated rings. The van der Waals surface area contributed by atoms with Crippen molar-refractivity contribution >= 4 is 12.0 Å². The molecule has 0 aliphatic carbocycles. The average Bonchev–Trinajstić information content (AvgIpc) is 2.62. The molecule has 1 heterocycles. The van der Waals surface area contributed by atoms with Crippen LogP contribution in [-0.4, -0.2) is 32.4 Å². The highest BCUT2D eigenvalue weighted by atomic mass is 16.4. The SMILES string of the molecule is CCCCCCCCC(O)/C=C/c1cccc([C@H](O)CCCC(=O)O)n1. The zero-order valence-electron chi connectivity index (χ0n) is 15.8. The smallest absolute Gasteiger partial charge is 0.303 e. The lowest BCUT2D eigenvalue weighted by Gasteiger charge is -2.10. The lowest BCUT2D eigenvalue weighted by Crippen LogP contribution is -2.04. The molecule has 5 heteroatoms. The van der Waals surface area contributed by atoms with Crippen molar-refractivity contribution in [3.05, 3.63) is 35.7 Å². The monoisotopic (exact) mass is 363 g/mol. The summed E-state index contributed by atoms with van der Waals surface area (Å²) in [5.74, 6) is -0.860. The van der Waals surface area contributed by atoms with E-state index in [4.69, 9.17) is 5.11 Å². The van der Waals surface area contributed by atoms with Crippen molar-refractivity contribution in [2.45, 2.75) is 83.3 Å². The number of rotatable bonds is 14. The molecule has 0 radical (unpaired) electrons. The van der Waals surface area contributed by atoms with Crippen LogP contribution in [0.4, 0.5) is 0 Å². The van der Waals surface area contributed by atoms with Crippen molar-refractivity contribution in [3.63, 3.8) is 0 Å². The third kappa shape index (κ3) is 10.3. The molecule has 0 aromatic carbocycles. The van der Waals surface area contributed by atoms with E-state index in [0.717, 1.165) is 19.3 Å². The summed E-state index contributed by atoms with van der Waals surface area (Å²) in [7, 11) is 0. The van der Waals surface area contributed by atoms with E-state index >= 15 is 0 Å². The van der Waals surface area contributed by atoms with Crippen LogP contribution in [0.5, 0.6) is 0 Å². The number of aliphatic carboxylic acids is 1. The van der Waals surface area contributed by atoms with Crippen LogP contribution in [0.2, 0.25) is 0 Å². The van der Waals surface area contributed by atoms with Crippen LogP contribution in [0.3, 0.4) is 0 Å². The van der Waals surface area contributed by atoms with Gasteiger partial charge in [0.15, 0.2) is 0 Å². The summed E-state index contributed by atoms with van der Waals surface area (Å²) in [6.45, 7) is 2.20. The number of aliphatic hydroxyl groups is 2. The number of nitrogens with zero attached hydrogens (tertiary/aromatic N) is 1. The van der Waals surface area contributed by atoms with E-state index in [-0.39, 0.29) is 6.42 Å². The molecule has 1 rings (SSSR count). The molecule has 2 atom stereocenters. The van der Waals surface area contributed by atoms with Crippen LogP contribution in [0.25, 0.3) is 6.08 Å². The van der Waals surface area contributed by atoms with E-state index in [1.165, 1.54) is 25.7 Å². The first kappa shape index (κ1) is 22.3. The minimum absolute atomic E-state index is 0.0429. The molecule has 1 aromatic heterocycles. The molecule has 1 aromatic rings. The van der Waals surface area contributed by atoms with Crippen LogP contribution in [-0.2, 0) is 4.79 Å². The number of carboxylic acids is 1. The molecular formula is C21H33NO4. The normalized spacial score (nSPS) is 13.8. The molecule has 0 spiro atoms. The number of hydrogen-bond donors (Lipinski definition) is 3. The number of aliphatic hydroxyl groups excluding tert-OH is 2. The maximum Gasteiger partial charge on any atom is 0.303 e. The van der Waals surface area contributed by atoms with Gasteiger partial charge in [0.05, 0.1) is 23.6 Å². The van der Waals surface area contributed by atoms with E-state index in [2.05, 4.69) is 11.9 Å². The second kappa shape index (κ2) is 13.5. The summed E-state index contributed by atoms with van der Waals surface area (Å²) in [5, 5.41) is 28.8. The predicted octanol–water partition coefficient (Wildman–Crippen LogP) is 4.49. The van der Waals surface area contributed by atoms with Gasteiger partial charge in [0.25, 0.3) is 0 Å². The van der Waals surface area contributed by atoms with Crippen molar-refractivity contribution in [3.8, 4) is 0 Å². The molecule has 0 aliphatic rings. The first-order valence-corrected chi connectivity index (χ1v) is 9.76. The van der Waals surface area contributed by atoms with E-state index in [0.29, 0.717) is 24.2 Å². The molecule has 0 bridgehead atoms. The average molecular weight is 363 g/mol. The van der Waals surface area contributed by atoms with Crippen molar-refractivity contribution in [2.24, 2.45) is 0 Å². The van der Waals surface area contributed by atoms with Gasteiger partial charge in [0.1, 0.15) is 0 Å². The van der Waals surface area contributed by atoms with Crippen molar-refractivity contribution in [1.29, 1.82) is 0 Å². The van der Waals surface area contributed by atoms with Gasteiger partial charge in [0, 0.05) is 6.42 Å². The minimum atomic E-state index is -0.860. The van der Waals surface area contributed by atoms with Gasteiger partial charge in [0.2, 0.25) is 0 Å². The molecule has 0 amide bonds. The summed E-state index contributed by atoms with van der Waals surface area (Å²) in [4.78, 5) is 14.9. The number of carbonyl (C=O) groups is 1. The Kier molecular flexibility index (Phi) is 11.6. The highest BCUT2D eigenvalue weighted by Gasteiger charge is 2.10. The fraction of sp³-hybridized carbons (Fsp3) is 0.619. The number of unbranched alkanes of at least 4 members (excludes halogenated alkanes) is 5. The number of carboxylic acid groups (broad SMARTS) is 1. The predicted molar refractivity (Wildman–Crippen MR) is 104 cm³/mol. The van der Waals surface area contributed by atoms with Gasteiger partial charge in [-0.3, -0.25) is 9.78 Å². The highest BCUT2D eigenvalue weighted by molar-refractivity contribution is 5.66. The zero-order chi connectivity index (χ0) is 19.2. The minimum Gasteiger partial charge on any atom is -0.481 e. The molecule has 26 heavy (non-hydrogen) atoms. The Balaban J connectivity index is 2.39. The van der Waals surface area contributed by atoms with E-state index in [9.17, 15) is 15.0 Å². The second-order valence-electron chi connectivity index (χ2n) is 6.77. The molecule has 0 saturated heterocycles. The van der Waals surface area contributed by atoms with Crippen molar-refractivity contribution in [1.82, 2.24) is 4.98 Å². The van der Waals surface area contributed by atoms with Crippen molar-refractivity contribution < 1.29 is 20.1 Å². The fourth-order valence-corrected chi connectivity index (χ4v) is 2.78. The molecular weight excluding hydrogens is 330 g/mol. The standard InChI is InChI=1S/C21H33NO4/c1-2-3-4-5-6-7-11-18(23)16-15-17-10-8-12-19(22-17)20(24)13-9-14-21(25)26/h8,10,12,15-16,18,20,23-24H,2-7,9,11,13-14H2,1H3,(H,25,26)/b16-15+/t18?,20-/m1/s1. The molecule has 146 valence electrons. The van der Waals surface area contributed by atoms with Crippen LogP contribution in [0.15, 0.2) is 24.3 Å². The maximum atomic E-state index is 10.5. The summed E-state index contributed by atoms with van der Waals surface area (Å²) in [6.07, 6.45) is 11.0. The van der Waals surface area contributed by atoms with E-state index in [1.807, 2.05) is 12.1 Å². The van der Waals surface area contributed by atoms with Gasteiger partial charge in [-0.15, -0.1) is 0 Å². The van der Waals surface area contributed by atoms with Gasteiger partial charge in [-0.05, 0) is 37.5 Å². The second-order valence-corrected chi connectivity index (χ2v) is 6.77. The van der Waals surface area contributed by atoms with Gasteiger partial charge in [-0.25, -0.2) is 0 Å². The van der Waals surface area contributed by atoms with Crippen LogP contribution >= 0.6 is 0 Å². The van der Waals surface area contributed by atoms with Crippen LogP contribution in [0.1, 0.15) is 88.6 Å². The summed E-state index contributed by atoms with van der Waals surface area (Å²) >= 11 is 0. The van der Waals surface area contributed by atoms with Gasteiger partial charge in [-0.1, -0.05) is 57.6 Å². The highest BCUT2D eigenvalue weighted by Crippen LogP contribution is 2.18. The molecule has 3 N–H and O–H groups in total. The topological polar surface area (TPSA) is 90.7 Å².